The molecule has 0 saturated heterocycles. The molecule has 21 heavy (non-hydrogen) atoms. The number of ether oxygens (including phenoxy) is 3. The molecule has 0 amide bonds. The molecule has 0 atom stereocenters. The highest BCUT2D eigenvalue weighted by Crippen LogP contribution is 2.25. The SMILES string of the molecule is COCCNCc1cc(OC)ccc1OCc1nccs1. The minimum Gasteiger partial charge on any atom is -0.497 e. The monoisotopic (exact) mass is 308 g/mol. The third-order valence-corrected chi connectivity index (χ3v) is 3.65. The first-order valence-corrected chi connectivity index (χ1v) is 7.59. The number of benzene rings is 1. The van der Waals surface area contributed by atoms with E-state index >= 15 is 0 Å². The van der Waals surface area contributed by atoms with E-state index in [1.807, 2.05) is 23.6 Å². The van der Waals surface area contributed by atoms with Gasteiger partial charge in [-0.25, -0.2) is 4.98 Å². The fraction of sp³-hybridized carbons (Fsp3) is 0.400. The van der Waals surface area contributed by atoms with Gasteiger partial charge in [0.15, 0.2) is 0 Å². The lowest BCUT2D eigenvalue weighted by molar-refractivity contribution is 0.199. The van der Waals surface area contributed by atoms with Gasteiger partial charge in [0.25, 0.3) is 0 Å². The summed E-state index contributed by atoms with van der Waals surface area (Å²) in [6, 6.07) is 5.81. The van der Waals surface area contributed by atoms with Gasteiger partial charge in [-0.3, -0.25) is 0 Å². The van der Waals surface area contributed by atoms with Crippen molar-refractivity contribution in [3.05, 3.63) is 40.3 Å². The van der Waals surface area contributed by atoms with Crippen molar-refractivity contribution in [2.24, 2.45) is 0 Å². The molecule has 2 aromatic rings. The maximum absolute atomic E-state index is 5.86. The molecule has 6 heteroatoms. The van der Waals surface area contributed by atoms with Crippen molar-refractivity contribution in [2.75, 3.05) is 27.4 Å². The van der Waals surface area contributed by atoms with Crippen LogP contribution < -0.4 is 14.8 Å². The van der Waals surface area contributed by atoms with E-state index in [-0.39, 0.29) is 0 Å². The number of nitrogens with zero attached hydrogens (tertiary/aromatic N) is 1. The Labute approximate surface area is 128 Å². The molecule has 0 aliphatic heterocycles. The second-order valence-electron chi connectivity index (χ2n) is 4.36. The van der Waals surface area contributed by atoms with Crippen LogP contribution in [0.15, 0.2) is 29.8 Å². The van der Waals surface area contributed by atoms with Crippen LogP contribution in [-0.4, -0.2) is 32.4 Å². The summed E-state index contributed by atoms with van der Waals surface area (Å²) in [5.41, 5.74) is 1.06. The summed E-state index contributed by atoms with van der Waals surface area (Å²) in [7, 11) is 3.35. The van der Waals surface area contributed by atoms with E-state index in [2.05, 4.69) is 10.3 Å². The Morgan fingerprint density at radius 1 is 1.29 bits per heavy atom. The fourth-order valence-electron chi connectivity index (χ4n) is 1.82. The van der Waals surface area contributed by atoms with Crippen molar-refractivity contribution >= 4 is 11.3 Å². The van der Waals surface area contributed by atoms with Gasteiger partial charge in [-0.05, 0) is 18.2 Å². The Morgan fingerprint density at radius 3 is 2.90 bits per heavy atom. The van der Waals surface area contributed by atoms with E-state index in [1.165, 1.54) is 0 Å². The van der Waals surface area contributed by atoms with Crippen LogP contribution in [0.3, 0.4) is 0 Å². The van der Waals surface area contributed by atoms with Crippen molar-refractivity contribution in [1.29, 1.82) is 0 Å². The molecular weight excluding hydrogens is 288 g/mol. The van der Waals surface area contributed by atoms with E-state index in [0.29, 0.717) is 19.8 Å². The molecule has 0 radical (unpaired) electrons. The van der Waals surface area contributed by atoms with Crippen molar-refractivity contribution in [3.8, 4) is 11.5 Å². The van der Waals surface area contributed by atoms with Crippen LogP contribution >= 0.6 is 11.3 Å². The normalized spacial score (nSPS) is 10.6. The van der Waals surface area contributed by atoms with Gasteiger partial charge in [0, 0.05) is 37.3 Å². The van der Waals surface area contributed by atoms with Crippen LogP contribution in [0.1, 0.15) is 10.6 Å². The van der Waals surface area contributed by atoms with Crippen LogP contribution in [0.2, 0.25) is 0 Å². The lowest BCUT2D eigenvalue weighted by Crippen LogP contribution is -2.19. The summed E-state index contributed by atoms with van der Waals surface area (Å²) in [6.07, 6.45) is 1.78. The quantitative estimate of drug-likeness (QED) is 0.721. The van der Waals surface area contributed by atoms with Crippen LogP contribution in [0.4, 0.5) is 0 Å². The summed E-state index contributed by atoms with van der Waals surface area (Å²) in [5, 5.41) is 6.22. The van der Waals surface area contributed by atoms with Crippen molar-refractivity contribution in [2.45, 2.75) is 13.2 Å². The van der Waals surface area contributed by atoms with Gasteiger partial charge in [-0.15, -0.1) is 11.3 Å². The second-order valence-corrected chi connectivity index (χ2v) is 5.34. The maximum atomic E-state index is 5.86. The van der Waals surface area contributed by atoms with Crippen LogP contribution in [0.25, 0.3) is 0 Å². The molecule has 1 heterocycles. The van der Waals surface area contributed by atoms with E-state index in [9.17, 15) is 0 Å². The first-order valence-electron chi connectivity index (χ1n) is 6.71. The molecule has 0 spiro atoms. The highest BCUT2D eigenvalue weighted by Gasteiger charge is 2.07. The maximum Gasteiger partial charge on any atom is 0.140 e. The molecule has 1 aromatic carbocycles. The summed E-state index contributed by atoms with van der Waals surface area (Å²) < 4.78 is 16.2. The summed E-state index contributed by atoms with van der Waals surface area (Å²) in [4.78, 5) is 4.22. The largest absolute Gasteiger partial charge is 0.497 e. The minimum atomic E-state index is 0.481. The number of aromatic nitrogens is 1. The third kappa shape index (κ3) is 5.00. The Morgan fingerprint density at radius 2 is 2.19 bits per heavy atom. The van der Waals surface area contributed by atoms with Gasteiger partial charge in [0.05, 0.1) is 13.7 Å². The zero-order valence-electron chi connectivity index (χ0n) is 12.3. The molecule has 0 aliphatic rings. The van der Waals surface area contributed by atoms with Gasteiger partial charge in [-0.2, -0.15) is 0 Å². The molecular formula is C15H20N2O3S. The summed E-state index contributed by atoms with van der Waals surface area (Å²) in [5.74, 6) is 1.66. The van der Waals surface area contributed by atoms with E-state index in [4.69, 9.17) is 14.2 Å². The number of hydrogen-bond donors (Lipinski definition) is 1. The summed E-state index contributed by atoms with van der Waals surface area (Å²) >= 11 is 1.59. The van der Waals surface area contributed by atoms with Crippen molar-refractivity contribution in [3.63, 3.8) is 0 Å². The zero-order chi connectivity index (χ0) is 14.9. The number of thiazole rings is 1. The number of hydrogen-bond acceptors (Lipinski definition) is 6. The average Bonchev–Trinajstić information content (AvgIpc) is 3.03. The van der Waals surface area contributed by atoms with E-state index in [1.54, 1.807) is 31.8 Å². The van der Waals surface area contributed by atoms with Crippen LogP contribution in [0, 0.1) is 0 Å². The highest BCUT2D eigenvalue weighted by atomic mass is 32.1. The highest BCUT2D eigenvalue weighted by molar-refractivity contribution is 7.09. The Kier molecular flexibility index (Phi) is 6.46. The van der Waals surface area contributed by atoms with Crippen molar-refractivity contribution in [1.82, 2.24) is 10.3 Å². The molecule has 114 valence electrons. The molecule has 1 aromatic heterocycles. The van der Waals surface area contributed by atoms with Gasteiger partial charge >= 0.3 is 0 Å². The first kappa shape index (κ1) is 15.8. The van der Waals surface area contributed by atoms with Gasteiger partial charge in [-0.1, -0.05) is 0 Å². The van der Waals surface area contributed by atoms with E-state index < -0.39 is 0 Å². The topological polar surface area (TPSA) is 52.6 Å². The van der Waals surface area contributed by atoms with Crippen LogP contribution in [-0.2, 0) is 17.9 Å². The number of methoxy groups -OCH3 is 2. The summed E-state index contributed by atoms with van der Waals surface area (Å²) in [6.45, 7) is 2.65. The first-order chi connectivity index (χ1) is 10.3. The molecule has 1 N–H and O–H groups in total. The van der Waals surface area contributed by atoms with Crippen molar-refractivity contribution < 1.29 is 14.2 Å². The molecule has 0 aliphatic carbocycles. The van der Waals surface area contributed by atoms with Gasteiger partial charge in [0.2, 0.25) is 0 Å². The molecule has 0 bridgehead atoms. The predicted octanol–water partition coefficient (Wildman–Crippen LogP) is 2.47. The molecule has 0 fully saturated rings. The van der Waals surface area contributed by atoms with Gasteiger partial charge in [0.1, 0.15) is 23.1 Å². The lowest BCUT2D eigenvalue weighted by Gasteiger charge is -2.13. The Hall–Kier alpha value is -1.63. The Bertz CT molecular complexity index is 532. The smallest absolute Gasteiger partial charge is 0.140 e. The minimum absolute atomic E-state index is 0.481. The lowest BCUT2D eigenvalue weighted by atomic mass is 10.2. The van der Waals surface area contributed by atoms with E-state index in [0.717, 1.165) is 28.6 Å². The molecule has 0 saturated carbocycles. The number of nitrogens with one attached hydrogen (secondary N) is 1. The standard InChI is InChI=1S/C15H20N2O3S/c1-18-7-5-16-10-12-9-13(19-2)3-4-14(12)20-11-15-17-6-8-21-15/h3-4,6,8-9,16H,5,7,10-11H2,1-2H3. The van der Waals surface area contributed by atoms with Crippen LogP contribution in [0.5, 0.6) is 11.5 Å². The average molecular weight is 308 g/mol. The third-order valence-electron chi connectivity index (χ3n) is 2.90. The number of rotatable bonds is 9. The second kappa shape index (κ2) is 8.61. The molecule has 0 unspecified atom stereocenters. The zero-order valence-corrected chi connectivity index (χ0v) is 13.1. The molecule has 5 nitrogen and oxygen atoms in total. The Balaban J connectivity index is 1.99. The van der Waals surface area contributed by atoms with Gasteiger partial charge < -0.3 is 19.5 Å². The predicted molar refractivity (Wildman–Crippen MR) is 83.0 cm³/mol. The fourth-order valence-corrected chi connectivity index (χ4v) is 2.35. The molecule has 2 rings (SSSR count).